The second-order valence-corrected chi connectivity index (χ2v) is 24.1. The fraction of sp³-hybridized carbons (Fsp3) is 0.0889. The Labute approximate surface area is 587 Å². The van der Waals surface area contributed by atoms with Crippen molar-refractivity contribution in [2.24, 2.45) is 0 Å². The van der Waals surface area contributed by atoms with E-state index in [4.69, 9.17) is 28.4 Å². The number of hydrogen-bond donors (Lipinski definition) is 0. The van der Waals surface area contributed by atoms with Gasteiger partial charge >= 0.3 is 0 Å². The highest BCUT2D eigenvalue weighted by molar-refractivity contribution is 5.85. The Bertz CT molecular complexity index is 4870. The van der Waals surface area contributed by atoms with Crippen molar-refractivity contribution in [3.05, 3.63) is 339 Å². The number of ether oxygens (including phenoxy) is 6. The van der Waals surface area contributed by atoms with Crippen molar-refractivity contribution in [1.82, 2.24) is 0 Å². The Morgan fingerprint density at radius 2 is 0.360 bits per heavy atom. The summed E-state index contributed by atoms with van der Waals surface area (Å²) in [5.41, 5.74) is 23.5. The van der Waals surface area contributed by atoms with Gasteiger partial charge in [-0.3, -0.25) is 0 Å². The number of nitrogens with zero attached hydrogens (tertiary/aromatic N) is 4. The summed E-state index contributed by atoms with van der Waals surface area (Å²) < 4.78 is 33.1. The van der Waals surface area contributed by atoms with Gasteiger partial charge in [-0.2, -0.15) is 0 Å². The second-order valence-electron chi connectivity index (χ2n) is 24.1. The molecule has 0 aliphatic carbocycles. The Morgan fingerprint density at radius 1 is 0.200 bits per heavy atom. The number of rotatable bonds is 24. The van der Waals surface area contributed by atoms with Gasteiger partial charge in [0, 0.05) is 68.3 Å². The maximum absolute atomic E-state index is 5.61. The third-order valence-corrected chi connectivity index (χ3v) is 18.1. The van der Waals surface area contributed by atoms with Crippen molar-refractivity contribution < 1.29 is 28.4 Å². The van der Waals surface area contributed by atoms with Gasteiger partial charge in [0.05, 0.1) is 42.7 Å². The first-order chi connectivity index (χ1) is 49.1. The second kappa shape index (κ2) is 30.6. The van der Waals surface area contributed by atoms with E-state index in [1.807, 2.05) is 72.8 Å². The SMILES string of the molecule is COc1ccc(-c2ccc(N(c3ccc(OC)cc3)c3ccc(-c4ccc(N(/C(C)=C/C=C(\C)c5ccc(N(c6ccc(OC)cc6)c6ccc(-c7ccc(N(c8ccc(OC)cc8)c8ccc(-c9ccc(OC)cc9)cc8)cc7)cc6)cc5)c5ccc(OC)cc5)cc4)cc3)cc2)cc1. The molecule has 100 heavy (non-hydrogen) atoms. The lowest BCUT2D eigenvalue weighted by atomic mass is 10.0. The van der Waals surface area contributed by atoms with Crippen LogP contribution in [0.15, 0.2) is 333 Å². The highest BCUT2D eigenvalue weighted by Crippen LogP contribution is 2.43. The molecule has 0 aromatic heterocycles. The topological polar surface area (TPSA) is 68.3 Å². The zero-order valence-electron chi connectivity index (χ0n) is 57.4. The molecule has 494 valence electrons. The fourth-order valence-electron chi connectivity index (χ4n) is 12.5. The van der Waals surface area contributed by atoms with E-state index in [9.17, 15) is 0 Å². The molecule has 13 aromatic rings. The summed E-state index contributed by atoms with van der Waals surface area (Å²) in [7, 11) is 10.1. The maximum atomic E-state index is 5.61. The third kappa shape index (κ3) is 14.8. The van der Waals surface area contributed by atoms with E-state index in [1.54, 1.807) is 42.7 Å². The summed E-state index contributed by atoms with van der Waals surface area (Å²) in [5.74, 6) is 4.86. The smallest absolute Gasteiger partial charge is 0.119 e. The van der Waals surface area contributed by atoms with Gasteiger partial charge in [-0.25, -0.2) is 0 Å². The Kier molecular flexibility index (Phi) is 20.2. The average Bonchev–Trinajstić information content (AvgIpc) is 0.815. The lowest BCUT2D eigenvalue weighted by Crippen LogP contribution is -2.14. The first-order valence-corrected chi connectivity index (χ1v) is 33.2. The highest BCUT2D eigenvalue weighted by Gasteiger charge is 2.19. The first-order valence-electron chi connectivity index (χ1n) is 33.2. The number of methoxy groups -OCH3 is 6. The van der Waals surface area contributed by atoms with Crippen molar-refractivity contribution >= 4 is 68.1 Å². The fourth-order valence-corrected chi connectivity index (χ4v) is 12.5. The lowest BCUT2D eigenvalue weighted by molar-refractivity contribution is 0.414. The van der Waals surface area contributed by atoms with Crippen molar-refractivity contribution in [3.8, 4) is 79.0 Å². The number of benzene rings is 13. The van der Waals surface area contributed by atoms with Crippen LogP contribution < -0.4 is 48.0 Å². The standard InChI is InChI=1S/C90H78N4O6/c1-63(9-10-64(2)91(75-43-55-87(97-5)56-44-75)74-31-13-66(14-32-74)67-15-35-78(36-16-67)93(83-47-59-89(99-7)60-48-83)80-39-21-70(22-40-80)72-25-51-85(95-3)52-26-72)65-11-29-76(30-12-65)92(82-45-57-88(98-6)58-46-82)77-33-17-68(18-34-77)69-19-37-79(38-20-69)94(84-49-61-90(100-8)62-50-84)81-41-23-71(24-42-81)73-27-53-86(96-4)54-28-73/h9-62H,1-8H3/b63-9+,64-10+. The van der Waals surface area contributed by atoms with Gasteiger partial charge in [0.15, 0.2) is 0 Å². The maximum Gasteiger partial charge on any atom is 0.119 e. The molecule has 0 N–H and O–H groups in total. The molecule has 0 aliphatic rings. The van der Waals surface area contributed by atoms with Gasteiger partial charge in [0.25, 0.3) is 0 Å². The Balaban J connectivity index is 0.733. The van der Waals surface area contributed by atoms with E-state index in [1.165, 1.54) is 0 Å². The molecule has 0 unspecified atom stereocenters. The third-order valence-electron chi connectivity index (χ3n) is 18.1. The van der Waals surface area contributed by atoms with E-state index < -0.39 is 0 Å². The van der Waals surface area contributed by atoms with Crippen LogP contribution in [-0.2, 0) is 0 Å². The highest BCUT2D eigenvalue weighted by atomic mass is 16.5. The minimum atomic E-state index is 0.793. The van der Waals surface area contributed by atoms with Crippen molar-refractivity contribution in [2.75, 3.05) is 62.3 Å². The molecule has 10 heteroatoms. The Morgan fingerprint density at radius 3 is 0.570 bits per heavy atom. The normalized spacial score (nSPS) is 11.3. The van der Waals surface area contributed by atoms with Gasteiger partial charge < -0.3 is 48.0 Å². The minimum Gasteiger partial charge on any atom is -0.497 e. The molecule has 0 saturated carbocycles. The van der Waals surface area contributed by atoms with Crippen molar-refractivity contribution in [1.29, 1.82) is 0 Å². The number of anilines is 11. The molecule has 10 nitrogen and oxygen atoms in total. The number of hydrogen-bond acceptors (Lipinski definition) is 10. The van der Waals surface area contributed by atoms with Crippen LogP contribution in [0.25, 0.3) is 50.1 Å². The lowest BCUT2D eigenvalue weighted by Gasteiger charge is -2.27. The van der Waals surface area contributed by atoms with Crippen LogP contribution in [0.5, 0.6) is 34.5 Å². The molecule has 0 atom stereocenters. The monoisotopic (exact) mass is 1310 g/mol. The molecular formula is C90H78N4O6. The van der Waals surface area contributed by atoms with Gasteiger partial charge in [0.2, 0.25) is 0 Å². The van der Waals surface area contributed by atoms with Gasteiger partial charge in [0.1, 0.15) is 34.5 Å². The number of allylic oxidation sites excluding steroid dienone is 4. The summed E-state index contributed by atoms with van der Waals surface area (Å²) in [6, 6.07) is 110. The molecule has 0 fully saturated rings. The molecule has 0 spiro atoms. The van der Waals surface area contributed by atoms with Gasteiger partial charge in [-0.1, -0.05) is 115 Å². The van der Waals surface area contributed by atoms with E-state index >= 15 is 0 Å². The summed E-state index contributed by atoms with van der Waals surface area (Å²) >= 11 is 0. The summed E-state index contributed by atoms with van der Waals surface area (Å²) in [4.78, 5) is 9.09. The summed E-state index contributed by atoms with van der Waals surface area (Å²) in [6.45, 7) is 4.32. The molecule has 0 radical (unpaired) electrons. The van der Waals surface area contributed by atoms with Crippen molar-refractivity contribution in [2.45, 2.75) is 13.8 Å². The largest absolute Gasteiger partial charge is 0.497 e. The molecule has 0 saturated heterocycles. The van der Waals surface area contributed by atoms with E-state index in [-0.39, 0.29) is 0 Å². The predicted molar refractivity (Wildman–Crippen MR) is 414 cm³/mol. The molecule has 13 rings (SSSR count). The predicted octanol–water partition coefficient (Wildman–Crippen LogP) is 24.0. The van der Waals surface area contributed by atoms with Gasteiger partial charge in [-0.15, -0.1) is 0 Å². The molecule has 0 aliphatic heterocycles. The molecule has 0 heterocycles. The van der Waals surface area contributed by atoms with Crippen LogP contribution in [-0.4, -0.2) is 42.7 Å². The Hall–Kier alpha value is -12.7. The molecule has 0 amide bonds. The van der Waals surface area contributed by atoms with Crippen LogP contribution in [0, 0.1) is 0 Å². The van der Waals surface area contributed by atoms with Crippen LogP contribution >= 0.6 is 0 Å². The van der Waals surface area contributed by atoms with Gasteiger partial charge in [-0.05, 0) is 282 Å². The zero-order valence-corrected chi connectivity index (χ0v) is 57.4. The van der Waals surface area contributed by atoms with Crippen LogP contribution in [0.4, 0.5) is 62.6 Å². The van der Waals surface area contributed by atoms with E-state index in [0.29, 0.717) is 0 Å². The minimum absolute atomic E-state index is 0.793. The van der Waals surface area contributed by atoms with Crippen molar-refractivity contribution in [3.63, 3.8) is 0 Å². The van der Waals surface area contributed by atoms with Crippen LogP contribution in [0.1, 0.15) is 19.4 Å². The summed E-state index contributed by atoms with van der Waals surface area (Å²) in [6.07, 6.45) is 4.39. The average molecular weight is 1310 g/mol. The molecule has 13 aromatic carbocycles. The quantitative estimate of drug-likeness (QED) is 0.0547. The zero-order chi connectivity index (χ0) is 68.9. The van der Waals surface area contributed by atoms with E-state index in [2.05, 4.69) is 288 Å². The van der Waals surface area contributed by atoms with E-state index in [0.717, 1.165) is 158 Å². The summed E-state index contributed by atoms with van der Waals surface area (Å²) in [5, 5.41) is 0. The molecule has 0 bridgehead atoms. The van der Waals surface area contributed by atoms with Crippen LogP contribution in [0.2, 0.25) is 0 Å². The molecular weight excluding hydrogens is 1230 g/mol. The van der Waals surface area contributed by atoms with Crippen LogP contribution in [0.3, 0.4) is 0 Å². The first kappa shape index (κ1) is 66.0.